The average Bonchev–Trinajstić information content (AvgIpc) is 3.75. The smallest absolute Gasteiger partial charge is 0.352 e. The van der Waals surface area contributed by atoms with Crippen LogP contribution in [0.3, 0.4) is 0 Å². The van der Waals surface area contributed by atoms with Crippen LogP contribution < -0.4 is 30.5 Å². The highest BCUT2D eigenvalue weighted by Gasteiger charge is 2.28. The van der Waals surface area contributed by atoms with Gasteiger partial charge in [0.25, 0.3) is 11.5 Å². The third-order valence-electron chi connectivity index (χ3n) is 6.81. The predicted molar refractivity (Wildman–Crippen MR) is 151 cm³/mol. The van der Waals surface area contributed by atoms with Crippen molar-refractivity contribution in [3.63, 3.8) is 0 Å². The molecule has 6 rings (SSSR count). The van der Waals surface area contributed by atoms with Gasteiger partial charge in [-0.2, -0.15) is 9.77 Å². The number of carbonyl (C=O) groups excluding carboxylic acids is 2. The zero-order chi connectivity index (χ0) is 28.8. The molecular formula is C28H23N5O7S. The van der Waals surface area contributed by atoms with Gasteiger partial charge in [0, 0.05) is 25.0 Å². The number of nitrogens with zero attached hydrogens (tertiary/aromatic N) is 5. The van der Waals surface area contributed by atoms with Crippen molar-refractivity contribution in [1.82, 2.24) is 19.0 Å². The fourth-order valence-corrected chi connectivity index (χ4v) is 6.03. The molecule has 208 valence electrons. The van der Waals surface area contributed by atoms with Gasteiger partial charge in [0.15, 0.2) is 17.3 Å². The molecule has 0 bridgehead atoms. The van der Waals surface area contributed by atoms with Gasteiger partial charge in [0.1, 0.15) is 15.6 Å². The summed E-state index contributed by atoms with van der Waals surface area (Å²) in [6.07, 6.45) is 3.31. The minimum absolute atomic E-state index is 0.0259. The van der Waals surface area contributed by atoms with E-state index in [1.807, 2.05) is 0 Å². The van der Waals surface area contributed by atoms with Crippen molar-refractivity contribution in [2.24, 2.45) is 0 Å². The Morgan fingerprint density at radius 3 is 2.61 bits per heavy atom. The fraction of sp³-hybridized carbons (Fsp3) is 0.179. The van der Waals surface area contributed by atoms with Crippen LogP contribution in [0.2, 0.25) is 0 Å². The first-order valence-electron chi connectivity index (χ1n) is 12.4. The summed E-state index contributed by atoms with van der Waals surface area (Å²) < 4.78 is 19.7. The van der Waals surface area contributed by atoms with Crippen LogP contribution in [0.4, 0.5) is 0 Å². The van der Waals surface area contributed by atoms with E-state index in [1.54, 1.807) is 66.5 Å². The number of aromatic nitrogens is 4. The molecule has 1 aliphatic rings. The predicted octanol–water partition coefficient (Wildman–Crippen LogP) is 2.75. The maximum absolute atomic E-state index is 14.0. The summed E-state index contributed by atoms with van der Waals surface area (Å²) in [6.45, 7) is 1.28. The highest BCUT2D eigenvalue weighted by molar-refractivity contribution is 7.21. The molecule has 0 unspecified atom stereocenters. The van der Waals surface area contributed by atoms with Crippen LogP contribution in [0.25, 0.3) is 15.2 Å². The van der Waals surface area contributed by atoms with Crippen LogP contribution >= 0.6 is 11.3 Å². The van der Waals surface area contributed by atoms with Crippen molar-refractivity contribution in [2.75, 3.05) is 26.0 Å². The topological polar surface area (TPSA) is 127 Å². The van der Waals surface area contributed by atoms with Gasteiger partial charge in [-0.05, 0) is 37.3 Å². The molecule has 3 aromatic heterocycles. The molecule has 0 radical (unpaired) electrons. The van der Waals surface area contributed by atoms with Crippen LogP contribution in [0.1, 0.15) is 26.3 Å². The van der Waals surface area contributed by atoms with E-state index in [9.17, 15) is 19.2 Å². The quantitative estimate of drug-likeness (QED) is 0.272. The molecule has 4 heterocycles. The van der Waals surface area contributed by atoms with Crippen LogP contribution in [-0.4, -0.2) is 51.7 Å². The molecule has 0 aliphatic carbocycles. The van der Waals surface area contributed by atoms with Crippen molar-refractivity contribution >= 4 is 33.2 Å². The number of thiophene rings is 1. The Bertz CT molecular complexity index is 1960. The third kappa shape index (κ3) is 4.17. The summed E-state index contributed by atoms with van der Waals surface area (Å²) in [4.78, 5) is 55.4. The molecule has 0 fully saturated rings. The lowest BCUT2D eigenvalue weighted by Gasteiger charge is -2.21. The number of hydrogen-bond acceptors (Lipinski definition) is 9. The number of amides is 1. The van der Waals surface area contributed by atoms with E-state index < -0.39 is 29.5 Å². The van der Waals surface area contributed by atoms with Crippen molar-refractivity contribution in [1.29, 1.82) is 0 Å². The number of carbonyl (C=O) groups is 2. The van der Waals surface area contributed by atoms with E-state index in [1.165, 1.54) is 24.8 Å². The molecule has 0 spiro atoms. The maximum Gasteiger partial charge on any atom is 0.352 e. The summed E-state index contributed by atoms with van der Waals surface area (Å²) in [6, 6.07) is 13.1. The minimum Gasteiger partial charge on any atom is -0.496 e. The highest BCUT2D eigenvalue weighted by atomic mass is 32.1. The van der Waals surface area contributed by atoms with Crippen LogP contribution in [0.15, 0.2) is 70.5 Å². The van der Waals surface area contributed by atoms with Crippen molar-refractivity contribution in [3.8, 4) is 22.2 Å². The Labute approximate surface area is 236 Å². The first kappa shape index (κ1) is 26.1. The molecule has 0 saturated carbocycles. The second-order valence-corrected chi connectivity index (χ2v) is 10.1. The Kier molecular flexibility index (Phi) is 6.42. The van der Waals surface area contributed by atoms with Gasteiger partial charge >= 0.3 is 5.69 Å². The van der Waals surface area contributed by atoms with E-state index >= 15 is 0 Å². The molecule has 2 aromatic carbocycles. The SMILES string of the molecule is COc1ccccc1C(=O)N(C)n1c(=O)c2c(C)c(-n3cccn3)sc2n(CC(=O)c2cccc3c2OCO3)c1=O. The summed E-state index contributed by atoms with van der Waals surface area (Å²) in [5.74, 6) is -0.0924. The number of aryl methyl sites for hydroxylation is 1. The van der Waals surface area contributed by atoms with E-state index in [2.05, 4.69) is 5.10 Å². The number of ether oxygens (including phenoxy) is 3. The second-order valence-electron chi connectivity index (χ2n) is 9.14. The standard InChI is InChI=1S/C28H23N5O7S/c1-16-22-25(36)33(30(2)24(35)18-8-4-5-10-20(18)38-3)28(37)31(27(22)41-26(16)32-13-7-12-29-32)14-19(34)17-9-6-11-21-23(17)40-15-39-21/h4-13H,14-15H2,1-3H3. The first-order valence-corrected chi connectivity index (χ1v) is 13.3. The number of fused-ring (bicyclic) bond motifs is 2. The van der Waals surface area contributed by atoms with Gasteiger partial charge in [-0.25, -0.2) is 14.5 Å². The van der Waals surface area contributed by atoms with Crippen LogP contribution in [-0.2, 0) is 6.54 Å². The molecular weight excluding hydrogens is 550 g/mol. The number of ketones is 1. The number of para-hydroxylation sites is 2. The molecule has 0 atom stereocenters. The van der Waals surface area contributed by atoms with Gasteiger partial charge in [-0.15, -0.1) is 0 Å². The van der Waals surface area contributed by atoms with Gasteiger partial charge in [-0.1, -0.05) is 29.5 Å². The van der Waals surface area contributed by atoms with Crippen molar-refractivity contribution in [2.45, 2.75) is 13.5 Å². The number of rotatable bonds is 7. The molecule has 41 heavy (non-hydrogen) atoms. The fourth-order valence-electron chi connectivity index (χ4n) is 4.80. The molecule has 13 heteroatoms. The molecule has 0 saturated heterocycles. The largest absolute Gasteiger partial charge is 0.496 e. The maximum atomic E-state index is 14.0. The molecule has 5 aromatic rings. The summed E-state index contributed by atoms with van der Waals surface area (Å²) >= 11 is 1.15. The number of benzene rings is 2. The van der Waals surface area contributed by atoms with Gasteiger partial charge in [-0.3, -0.25) is 19.0 Å². The normalized spacial score (nSPS) is 12.1. The average molecular weight is 574 g/mol. The highest BCUT2D eigenvalue weighted by Crippen LogP contribution is 2.36. The third-order valence-corrected chi connectivity index (χ3v) is 8.11. The minimum atomic E-state index is -0.861. The van der Waals surface area contributed by atoms with Gasteiger partial charge in [0.05, 0.1) is 30.2 Å². The van der Waals surface area contributed by atoms with Crippen LogP contribution in [0, 0.1) is 6.92 Å². The molecule has 0 N–H and O–H groups in total. The molecule has 12 nitrogen and oxygen atoms in total. The Morgan fingerprint density at radius 2 is 1.85 bits per heavy atom. The monoisotopic (exact) mass is 573 g/mol. The number of Topliss-reactive ketones (excluding diaryl/α,β-unsaturated/α-hetero) is 1. The number of methoxy groups -OCH3 is 1. The van der Waals surface area contributed by atoms with E-state index in [4.69, 9.17) is 14.2 Å². The summed E-state index contributed by atoms with van der Waals surface area (Å²) in [7, 11) is 2.74. The van der Waals surface area contributed by atoms with Gasteiger partial charge < -0.3 is 14.2 Å². The molecule has 1 aliphatic heterocycles. The number of hydrogen-bond donors (Lipinski definition) is 0. The van der Waals surface area contributed by atoms with Crippen molar-refractivity contribution < 1.29 is 23.8 Å². The lowest BCUT2D eigenvalue weighted by molar-refractivity contribution is 0.0961. The Morgan fingerprint density at radius 1 is 1.07 bits per heavy atom. The van der Waals surface area contributed by atoms with Gasteiger partial charge in [0.2, 0.25) is 6.79 Å². The molecule has 1 amide bonds. The zero-order valence-electron chi connectivity index (χ0n) is 22.2. The lowest BCUT2D eigenvalue weighted by Crippen LogP contribution is -2.53. The van der Waals surface area contributed by atoms with Crippen molar-refractivity contribution in [3.05, 3.63) is 98.5 Å². The van der Waals surface area contributed by atoms with E-state index in [-0.39, 0.29) is 39.6 Å². The zero-order valence-corrected chi connectivity index (χ0v) is 23.0. The van der Waals surface area contributed by atoms with E-state index in [0.717, 1.165) is 21.0 Å². The van der Waals surface area contributed by atoms with Crippen LogP contribution in [0.5, 0.6) is 17.2 Å². The van der Waals surface area contributed by atoms with E-state index in [0.29, 0.717) is 16.3 Å². The Balaban J connectivity index is 1.55. The Hall–Kier alpha value is -5.17. The summed E-state index contributed by atoms with van der Waals surface area (Å²) in [5.41, 5.74) is -0.632. The first-order chi connectivity index (χ1) is 19.8. The summed E-state index contributed by atoms with van der Waals surface area (Å²) in [5, 5.41) is 5.99. The lowest BCUT2D eigenvalue weighted by atomic mass is 10.1. The second kappa shape index (κ2) is 10.1.